The molecule has 0 saturated carbocycles. The summed E-state index contributed by atoms with van der Waals surface area (Å²) >= 11 is 0. The zero-order chi connectivity index (χ0) is 12.0. The maximum absolute atomic E-state index is 11.2. The fourth-order valence-corrected chi connectivity index (χ4v) is 1.64. The monoisotopic (exact) mass is 221 g/mol. The van der Waals surface area contributed by atoms with Gasteiger partial charge in [-0.2, -0.15) is 0 Å². The third-order valence-corrected chi connectivity index (χ3v) is 2.54. The number of hydrogen-bond donors (Lipinski definition) is 2. The number of carbonyl (C=O) groups is 1. The predicted octanol–water partition coefficient (Wildman–Crippen LogP) is 2.17. The molecule has 0 aliphatic carbocycles. The third-order valence-electron chi connectivity index (χ3n) is 2.54. The number of rotatable bonds is 6. The molecule has 0 aliphatic heterocycles. The summed E-state index contributed by atoms with van der Waals surface area (Å²) in [5.74, 6) is 0.150. The number of carbonyl (C=O) groups excluding carboxylic acids is 1. The molecule has 0 bridgehead atoms. The molecule has 0 spiro atoms. The van der Waals surface area contributed by atoms with E-state index in [0.717, 1.165) is 19.3 Å². The smallest absolute Gasteiger partial charge is 0.252 e. The van der Waals surface area contributed by atoms with Gasteiger partial charge in [-0.1, -0.05) is 20.3 Å². The Morgan fingerprint density at radius 2 is 2.31 bits per heavy atom. The number of nitrogens with one attached hydrogen (secondary N) is 1. The molecule has 16 heavy (non-hydrogen) atoms. The van der Waals surface area contributed by atoms with Crippen molar-refractivity contribution in [1.29, 1.82) is 0 Å². The minimum atomic E-state index is -0.443. The summed E-state index contributed by atoms with van der Waals surface area (Å²) in [6.07, 6.45) is 4.82. The van der Waals surface area contributed by atoms with Crippen molar-refractivity contribution in [2.45, 2.75) is 39.2 Å². The van der Waals surface area contributed by atoms with Gasteiger partial charge in [-0.25, -0.2) is 4.98 Å². The van der Waals surface area contributed by atoms with Crippen molar-refractivity contribution in [3.63, 3.8) is 0 Å². The molecule has 0 aliphatic rings. The average Bonchev–Trinajstić information content (AvgIpc) is 2.29. The van der Waals surface area contributed by atoms with Gasteiger partial charge in [-0.05, 0) is 25.0 Å². The van der Waals surface area contributed by atoms with Crippen LogP contribution < -0.4 is 11.1 Å². The van der Waals surface area contributed by atoms with Gasteiger partial charge in [-0.3, -0.25) is 4.79 Å². The van der Waals surface area contributed by atoms with Crippen LogP contribution in [0.2, 0.25) is 0 Å². The maximum Gasteiger partial charge on any atom is 0.252 e. The Hall–Kier alpha value is -1.58. The number of primary amides is 1. The van der Waals surface area contributed by atoms with Crippen LogP contribution in [0.4, 0.5) is 5.82 Å². The highest BCUT2D eigenvalue weighted by Crippen LogP contribution is 2.14. The molecular formula is C12H19N3O. The van der Waals surface area contributed by atoms with Crippen LogP contribution in [-0.4, -0.2) is 16.9 Å². The Labute approximate surface area is 96.3 Å². The Kier molecular flexibility index (Phi) is 4.76. The first-order chi connectivity index (χ1) is 7.69. The first kappa shape index (κ1) is 12.5. The minimum absolute atomic E-state index is 0.345. The van der Waals surface area contributed by atoms with Crippen molar-refractivity contribution < 1.29 is 4.79 Å². The lowest BCUT2D eigenvalue weighted by Gasteiger charge is -2.17. The fraction of sp³-hybridized carbons (Fsp3) is 0.500. The van der Waals surface area contributed by atoms with Crippen LogP contribution in [0.15, 0.2) is 18.3 Å². The molecule has 1 aromatic heterocycles. The van der Waals surface area contributed by atoms with Gasteiger partial charge in [0.2, 0.25) is 0 Å². The Bertz CT molecular complexity index is 352. The molecule has 0 radical (unpaired) electrons. The molecule has 1 rings (SSSR count). The highest BCUT2D eigenvalue weighted by atomic mass is 16.1. The molecule has 0 aromatic carbocycles. The van der Waals surface area contributed by atoms with E-state index in [0.29, 0.717) is 17.4 Å². The molecule has 1 atom stereocenters. The number of hydrogen-bond acceptors (Lipinski definition) is 3. The molecule has 0 fully saturated rings. The average molecular weight is 221 g/mol. The van der Waals surface area contributed by atoms with E-state index in [1.165, 1.54) is 0 Å². The van der Waals surface area contributed by atoms with Crippen molar-refractivity contribution in [2.24, 2.45) is 5.73 Å². The van der Waals surface area contributed by atoms with Crippen LogP contribution in [0, 0.1) is 0 Å². The standard InChI is InChI=1S/C12H19N3O/c1-3-6-9(4-2)15-12-10(11(13)16)7-5-8-14-12/h5,7-9H,3-4,6H2,1-2H3,(H2,13,16)(H,14,15). The molecule has 4 nitrogen and oxygen atoms in total. The van der Waals surface area contributed by atoms with E-state index in [4.69, 9.17) is 5.73 Å². The lowest BCUT2D eigenvalue weighted by molar-refractivity contribution is 0.100. The number of pyridine rings is 1. The van der Waals surface area contributed by atoms with Gasteiger partial charge in [0.1, 0.15) is 5.82 Å². The van der Waals surface area contributed by atoms with Gasteiger partial charge in [0.25, 0.3) is 5.91 Å². The second kappa shape index (κ2) is 6.10. The van der Waals surface area contributed by atoms with Crippen LogP contribution in [0.5, 0.6) is 0 Å². The number of anilines is 1. The Morgan fingerprint density at radius 1 is 1.56 bits per heavy atom. The van der Waals surface area contributed by atoms with Crippen LogP contribution in [-0.2, 0) is 0 Å². The zero-order valence-electron chi connectivity index (χ0n) is 9.86. The quantitative estimate of drug-likeness (QED) is 0.773. The fourth-order valence-electron chi connectivity index (χ4n) is 1.64. The van der Waals surface area contributed by atoms with Crippen LogP contribution in [0.1, 0.15) is 43.5 Å². The van der Waals surface area contributed by atoms with Crippen molar-refractivity contribution in [2.75, 3.05) is 5.32 Å². The maximum atomic E-state index is 11.2. The third kappa shape index (κ3) is 3.22. The predicted molar refractivity (Wildman–Crippen MR) is 65.4 cm³/mol. The number of aromatic nitrogens is 1. The summed E-state index contributed by atoms with van der Waals surface area (Å²) in [6, 6.07) is 3.75. The number of amides is 1. The normalized spacial score (nSPS) is 12.1. The molecule has 1 amide bonds. The second-order valence-corrected chi connectivity index (χ2v) is 3.80. The molecule has 0 saturated heterocycles. The SMILES string of the molecule is CCCC(CC)Nc1ncccc1C(N)=O. The van der Waals surface area contributed by atoms with Crippen LogP contribution >= 0.6 is 0 Å². The molecule has 4 heteroatoms. The van der Waals surface area contributed by atoms with E-state index in [2.05, 4.69) is 24.1 Å². The second-order valence-electron chi connectivity index (χ2n) is 3.80. The lowest BCUT2D eigenvalue weighted by Crippen LogP contribution is -2.22. The Morgan fingerprint density at radius 3 is 2.88 bits per heavy atom. The van der Waals surface area contributed by atoms with E-state index >= 15 is 0 Å². The van der Waals surface area contributed by atoms with Crippen molar-refractivity contribution in [3.8, 4) is 0 Å². The van der Waals surface area contributed by atoms with Gasteiger partial charge in [0.05, 0.1) is 5.56 Å². The number of nitrogens with two attached hydrogens (primary N) is 1. The molecular weight excluding hydrogens is 202 g/mol. The van der Waals surface area contributed by atoms with Crippen LogP contribution in [0.3, 0.4) is 0 Å². The van der Waals surface area contributed by atoms with Gasteiger partial charge < -0.3 is 11.1 Å². The lowest BCUT2D eigenvalue weighted by atomic mass is 10.1. The van der Waals surface area contributed by atoms with Crippen molar-refractivity contribution in [1.82, 2.24) is 4.98 Å². The minimum Gasteiger partial charge on any atom is -0.367 e. The summed E-state index contributed by atoms with van der Waals surface area (Å²) in [5.41, 5.74) is 5.74. The van der Waals surface area contributed by atoms with Crippen molar-refractivity contribution >= 4 is 11.7 Å². The molecule has 3 N–H and O–H groups in total. The van der Waals surface area contributed by atoms with E-state index in [9.17, 15) is 4.79 Å². The van der Waals surface area contributed by atoms with E-state index < -0.39 is 5.91 Å². The number of nitrogens with zero attached hydrogens (tertiary/aromatic N) is 1. The topological polar surface area (TPSA) is 68.0 Å². The van der Waals surface area contributed by atoms with Gasteiger partial charge >= 0.3 is 0 Å². The van der Waals surface area contributed by atoms with Gasteiger partial charge in [0, 0.05) is 12.2 Å². The molecule has 1 unspecified atom stereocenters. The van der Waals surface area contributed by atoms with E-state index in [1.807, 2.05) is 0 Å². The zero-order valence-corrected chi connectivity index (χ0v) is 9.86. The Balaban J connectivity index is 2.82. The van der Waals surface area contributed by atoms with Crippen LogP contribution in [0.25, 0.3) is 0 Å². The summed E-state index contributed by atoms with van der Waals surface area (Å²) in [6.45, 7) is 4.25. The first-order valence-electron chi connectivity index (χ1n) is 5.70. The van der Waals surface area contributed by atoms with Gasteiger partial charge in [0.15, 0.2) is 0 Å². The summed E-state index contributed by atoms with van der Waals surface area (Å²) in [7, 11) is 0. The summed E-state index contributed by atoms with van der Waals surface area (Å²) < 4.78 is 0. The molecule has 88 valence electrons. The van der Waals surface area contributed by atoms with Crippen molar-refractivity contribution in [3.05, 3.63) is 23.9 Å². The largest absolute Gasteiger partial charge is 0.367 e. The van der Waals surface area contributed by atoms with Gasteiger partial charge in [-0.15, -0.1) is 0 Å². The van der Waals surface area contributed by atoms with E-state index in [-0.39, 0.29) is 0 Å². The highest BCUT2D eigenvalue weighted by molar-refractivity contribution is 5.97. The highest BCUT2D eigenvalue weighted by Gasteiger charge is 2.12. The molecule has 1 heterocycles. The summed E-state index contributed by atoms with van der Waals surface area (Å²) in [4.78, 5) is 15.3. The van der Waals surface area contributed by atoms with E-state index in [1.54, 1.807) is 18.3 Å². The molecule has 1 aromatic rings. The summed E-state index contributed by atoms with van der Waals surface area (Å²) in [5, 5.41) is 3.27. The first-order valence-corrected chi connectivity index (χ1v) is 5.70.